The van der Waals surface area contributed by atoms with Gasteiger partial charge >= 0.3 is 18.3 Å². The summed E-state index contributed by atoms with van der Waals surface area (Å²) in [6.07, 6.45) is -7.71. The fourth-order valence-electron chi connectivity index (χ4n) is 2.00. The molecule has 100 valence electrons. The standard InChI is InChI=1S/C9H6F6N2O/c10-8(11,12)6-4-2-1-3-5(4)17(16-6)7(18)9(13,14)15/h1,3-5H,2H2. The maximum Gasteiger partial charge on any atom is 0.473 e. The molecule has 0 aromatic carbocycles. The number of alkyl halides is 6. The molecule has 0 spiro atoms. The van der Waals surface area contributed by atoms with Crippen LogP contribution in [0.5, 0.6) is 0 Å². The predicted octanol–water partition coefficient (Wildman–Crippen LogP) is 2.25. The smallest absolute Gasteiger partial charge is 0.262 e. The summed E-state index contributed by atoms with van der Waals surface area (Å²) in [5.41, 5.74) is -1.34. The van der Waals surface area contributed by atoms with Crippen LogP contribution in [0.25, 0.3) is 0 Å². The maximum atomic E-state index is 12.6. The van der Waals surface area contributed by atoms with Gasteiger partial charge in [-0.2, -0.15) is 31.4 Å². The number of hydrazone groups is 1. The normalized spacial score (nSPS) is 27.4. The second-order valence-electron chi connectivity index (χ2n) is 3.89. The highest BCUT2D eigenvalue weighted by atomic mass is 19.4. The number of hydrogen-bond acceptors (Lipinski definition) is 2. The molecule has 1 amide bonds. The van der Waals surface area contributed by atoms with Crippen LogP contribution in [0.4, 0.5) is 26.3 Å². The van der Waals surface area contributed by atoms with Gasteiger partial charge < -0.3 is 0 Å². The van der Waals surface area contributed by atoms with Crippen LogP contribution in [-0.2, 0) is 4.79 Å². The summed E-state index contributed by atoms with van der Waals surface area (Å²) in [7, 11) is 0. The number of carbonyl (C=O) groups is 1. The Morgan fingerprint density at radius 1 is 1.28 bits per heavy atom. The van der Waals surface area contributed by atoms with Crippen LogP contribution in [-0.4, -0.2) is 35.0 Å². The zero-order chi connectivity index (χ0) is 13.7. The van der Waals surface area contributed by atoms with E-state index < -0.39 is 35.9 Å². The first kappa shape index (κ1) is 12.9. The lowest BCUT2D eigenvalue weighted by atomic mass is 9.97. The van der Waals surface area contributed by atoms with E-state index >= 15 is 0 Å². The molecular weight excluding hydrogens is 266 g/mol. The minimum Gasteiger partial charge on any atom is -0.262 e. The van der Waals surface area contributed by atoms with Gasteiger partial charge in [0.25, 0.3) is 0 Å². The highest BCUT2D eigenvalue weighted by molar-refractivity contribution is 5.97. The molecule has 3 nitrogen and oxygen atoms in total. The van der Waals surface area contributed by atoms with Crippen LogP contribution >= 0.6 is 0 Å². The number of fused-ring (bicyclic) bond motifs is 1. The molecule has 1 heterocycles. The van der Waals surface area contributed by atoms with Crippen LogP contribution in [0.2, 0.25) is 0 Å². The minimum absolute atomic E-state index is 0.0787. The molecule has 1 aliphatic carbocycles. The van der Waals surface area contributed by atoms with Gasteiger partial charge in [-0.15, -0.1) is 0 Å². The molecule has 0 saturated heterocycles. The third-order valence-corrected chi connectivity index (χ3v) is 2.73. The fourth-order valence-corrected chi connectivity index (χ4v) is 2.00. The molecule has 0 fully saturated rings. The summed E-state index contributed by atoms with van der Waals surface area (Å²) in [5, 5.41) is 2.69. The third-order valence-electron chi connectivity index (χ3n) is 2.73. The molecular formula is C9H6F6N2O. The van der Waals surface area contributed by atoms with Crippen molar-refractivity contribution in [1.82, 2.24) is 5.01 Å². The first-order valence-electron chi connectivity index (χ1n) is 4.85. The van der Waals surface area contributed by atoms with Gasteiger partial charge in [0.2, 0.25) is 0 Å². The molecule has 0 saturated carbocycles. The first-order valence-corrected chi connectivity index (χ1v) is 4.85. The lowest BCUT2D eigenvalue weighted by molar-refractivity contribution is -0.186. The molecule has 2 unspecified atom stereocenters. The van der Waals surface area contributed by atoms with Crippen molar-refractivity contribution in [1.29, 1.82) is 0 Å². The van der Waals surface area contributed by atoms with E-state index in [-0.39, 0.29) is 11.4 Å². The van der Waals surface area contributed by atoms with Crippen molar-refractivity contribution in [3.05, 3.63) is 12.2 Å². The number of carbonyl (C=O) groups excluding carboxylic acids is 1. The molecule has 0 bridgehead atoms. The highest BCUT2D eigenvalue weighted by Crippen LogP contribution is 2.39. The molecule has 0 aromatic heterocycles. The molecule has 18 heavy (non-hydrogen) atoms. The summed E-state index contributed by atoms with van der Waals surface area (Å²) in [4.78, 5) is 11.0. The molecule has 2 rings (SSSR count). The monoisotopic (exact) mass is 272 g/mol. The fraction of sp³-hybridized carbons (Fsp3) is 0.556. The van der Waals surface area contributed by atoms with E-state index in [1.165, 1.54) is 6.08 Å². The number of hydrogen-bond donors (Lipinski definition) is 0. The summed E-state index contributed by atoms with van der Waals surface area (Å²) >= 11 is 0. The van der Waals surface area contributed by atoms with Crippen LogP contribution in [0, 0.1) is 5.92 Å². The first-order chi connectivity index (χ1) is 8.12. The van der Waals surface area contributed by atoms with Crippen LogP contribution in [0.3, 0.4) is 0 Å². The highest BCUT2D eigenvalue weighted by Gasteiger charge is 2.55. The van der Waals surface area contributed by atoms with Crippen molar-refractivity contribution in [2.45, 2.75) is 24.8 Å². The number of rotatable bonds is 0. The lowest BCUT2D eigenvalue weighted by Gasteiger charge is -2.20. The zero-order valence-corrected chi connectivity index (χ0v) is 8.59. The minimum atomic E-state index is -5.24. The topological polar surface area (TPSA) is 32.7 Å². The second kappa shape index (κ2) is 3.72. The van der Waals surface area contributed by atoms with Gasteiger partial charge in [0.1, 0.15) is 5.71 Å². The Bertz CT molecular complexity index is 435. The van der Waals surface area contributed by atoms with Gasteiger partial charge in [0.15, 0.2) is 0 Å². The maximum absolute atomic E-state index is 12.6. The van der Waals surface area contributed by atoms with Gasteiger partial charge in [-0.1, -0.05) is 12.2 Å². The second-order valence-corrected chi connectivity index (χ2v) is 3.89. The van der Waals surface area contributed by atoms with E-state index in [0.29, 0.717) is 0 Å². The summed E-state index contributed by atoms with van der Waals surface area (Å²) in [5.74, 6) is -3.63. The van der Waals surface area contributed by atoms with Crippen molar-refractivity contribution in [2.24, 2.45) is 11.0 Å². The van der Waals surface area contributed by atoms with Crippen molar-refractivity contribution in [2.75, 3.05) is 0 Å². The summed E-state index contributed by atoms with van der Waals surface area (Å²) < 4.78 is 74.3. The van der Waals surface area contributed by atoms with Gasteiger partial charge in [-0.25, -0.2) is 5.01 Å². The Balaban J connectivity index is 2.35. The van der Waals surface area contributed by atoms with Crippen LogP contribution in [0.15, 0.2) is 17.3 Å². The van der Waals surface area contributed by atoms with Crippen molar-refractivity contribution >= 4 is 11.6 Å². The van der Waals surface area contributed by atoms with Crippen LogP contribution in [0.1, 0.15) is 6.42 Å². The molecule has 2 aliphatic rings. The average Bonchev–Trinajstić information content (AvgIpc) is 2.72. The van der Waals surface area contributed by atoms with Gasteiger partial charge in [0.05, 0.1) is 6.04 Å². The third kappa shape index (κ3) is 1.97. The van der Waals surface area contributed by atoms with Gasteiger partial charge in [0, 0.05) is 5.92 Å². The van der Waals surface area contributed by atoms with Gasteiger partial charge in [-0.05, 0) is 6.42 Å². The summed E-state index contributed by atoms with van der Waals surface area (Å²) in [6.45, 7) is 0. The van der Waals surface area contributed by atoms with E-state index in [0.717, 1.165) is 6.08 Å². The molecule has 0 N–H and O–H groups in total. The lowest BCUT2D eigenvalue weighted by Crippen LogP contribution is -2.42. The molecule has 2 atom stereocenters. The molecule has 9 heteroatoms. The Kier molecular flexibility index (Phi) is 2.67. The van der Waals surface area contributed by atoms with E-state index in [4.69, 9.17) is 0 Å². The predicted molar refractivity (Wildman–Crippen MR) is 47.4 cm³/mol. The Morgan fingerprint density at radius 3 is 2.39 bits per heavy atom. The van der Waals surface area contributed by atoms with Crippen molar-refractivity contribution in [3.63, 3.8) is 0 Å². The summed E-state index contributed by atoms with van der Waals surface area (Å²) in [6, 6.07) is -1.30. The SMILES string of the molecule is O=C(N1N=C(C(F)(F)F)C2CC=CC21)C(F)(F)F. The van der Waals surface area contributed by atoms with E-state index in [2.05, 4.69) is 5.10 Å². The number of amides is 1. The quantitative estimate of drug-likeness (QED) is 0.491. The van der Waals surface area contributed by atoms with Crippen molar-refractivity contribution < 1.29 is 31.1 Å². The Hall–Kier alpha value is -1.54. The number of nitrogens with zero attached hydrogens (tertiary/aromatic N) is 2. The van der Waals surface area contributed by atoms with Gasteiger partial charge in [-0.3, -0.25) is 4.79 Å². The zero-order valence-electron chi connectivity index (χ0n) is 8.59. The van der Waals surface area contributed by atoms with E-state index in [1.807, 2.05) is 0 Å². The van der Waals surface area contributed by atoms with Crippen LogP contribution < -0.4 is 0 Å². The molecule has 0 radical (unpaired) electrons. The molecule has 0 aromatic rings. The number of halogens is 6. The number of allylic oxidation sites excluding steroid dienone is 1. The largest absolute Gasteiger partial charge is 0.473 e. The van der Waals surface area contributed by atoms with E-state index in [9.17, 15) is 31.1 Å². The average molecular weight is 272 g/mol. The Morgan fingerprint density at radius 2 is 1.89 bits per heavy atom. The molecule has 1 aliphatic heterocycles. The van der Waals surface area contributed by atoms with E-state index in [1.54, 1.807) is 0 Å². The Labute approximate surface area is 96.7 Å². The van der Waals surface area contributed by atoms with Crippen molar-refractivity contribution in [3.8, 4) is 0 Å².